The Hall–Kier alpha value is -0.830. The Morgan fingerprint density at radius 2 is 2.00 bits per heavy atom. The summed E-state index contributed by atoms with van der Waals surface area (Å²) < 4.78 is -0.776. The molecule has 0 spiro atoms. The summed E-state index contributed by atoms with van der Waals surface area (Å²) in [4.78, 5) is 11.2. The van der Waals surface area contributed by atoms with Crippen LogP contribution in [0.5, 0.6) is 0 Å². The third-order valence-corrected chi connectivity index (χ3v) is 5.32. The first kappa shape index (κ1) is 11.6. The third kappa shape index (κ3) is 1.41. The van der Waals surface area contributed by atoms with Crippen molar-refractivity contribution in [3.63, 3.8) is 0 Å². The first-order valence-electron chi connectivity index (χ1n) is 5.31. The Balaban J connectivity index is 2.41. The molecule has 0 aromatic heterocycles. The van der Waals surface area contributed by atoms with Crippen LogP contribution >= 0.6 is 15.9 Å². The van der Waals surface area contributed by atoms with Gasteiger partial charge in [-0.25, -0.2) is 0 Å². The van der Waals surface area contributed by atoms with Crippen LogP contribution in [0.15, 0.2) is 18.2 Å². The molecule has 2 rings (SSSR count). The summed E-state index contributed by atoms with van der Waals surface area (Å²) in [5.41, 5.74) is 3.28. The van der Waals surface area contributed by atoms with Crippen LogP contribution in [0.4, 0.5) is 0 Å². The molecule has 0 aliphatic heterocycles. The third-order valence-electron chi connectivity index (χ3n) is 3.83. The fraction of sp³-hybridized carbons (Fsp3) is 0.462. The van der Waals surface area contributed by atoms with E-state index in [1.807, 2.05) is 13.0 Å². The van der Waals surface area contributed by atoms with Gasteiger partial charge in [0.2, 0.25) is 0 Å². The van der Waals surface area contributed by atoms with Gasteiger partial charge in [0.1, 0.15) is 4.32 Å². The number of carboxylic acids is 1. The summed E-state index contributed by atoms with van der Waals surface area (Å²) in [5.74, 6) is -0.770. The molecule has 0 unspecified atom stereocenters. The normalized spacial score (nSPS) is 32.5. The maximum atomic E-state index is 11.2. The highest BCUT2D eigenvalue weighted by atomic mass is 79.9. The van der Waals surface area contributed by atoms with Crippen LogP contribution in [0.25, 0.3) is 0 Å². The monoisotopic (exact) mass is 282 g/mol. The number of aliphatic carboxylic acids is 1. The molecule has 16 heavy (non-hydrogen) atoms. The molecule has 2 nitrogen and oxygen atoms in total. The van der Waals surface area contributed by atoms with Crippen LogP contribution in [-0.4, -0.2) is 15.4 Å². The lowest BCUT2D eigenvalue weighted by atomic mass is 9.92. The van der Waals surface area contributed by atoms with Crippen molar-refractivity contribution in [3.8, 4) is 0 Å². The zero-order valence-electron chi connectivity index (χ0n) is 9.67. The topological polar surface area (TPSA) is 37.3 Å². The molecule has 1 saturated carbocycles. The molecule has 0 radical (unpaired) electrons. The van der Waals surface area contributed by atoms with Crippen LogP contribution in [-0.2, 0) is 10.2 Å². The Kier molecular flexibility index (Phi) is 2.42. The van der Waals surface area contributed by atoms with Crippen molar-refractivity contribution < 1.29 is 9.90 Å². The second kappa shape index (κ2) is 3.33. The van der Waals surface area contributed by atoms with Gasteiger partial charge in [0.05, 0.1) is 0 Å². The minimum Gasteiger partial charge on any atom is -0.480 e. The van der Waals surface area contributed by atoms with E-state index in [-0.39, 0.29) is 5.41 Å². The summed E-state index contributed by atoms with van der Waals surface area (Å²) in [6.45, 7) is 6.12. The molecule has 3 heteroatoms. The van der Waals surface area contributed by atoms with E-state index in [1.54, 1.807) is 0 Å². The smallest absolute Gasteiger partial charge is 0.321 e. The van der Waals surface area contributed by atoms with Crippen molar-refractivity contribution in [1.82, 2.24) is 0 Å². The summed E-state index contributed by atoms with van der Waals surface area (Å²) in [6.07, 6.45) is 0.651. The van der Waals surface area contributed by atoms with Crippen molar-refractivity contribution >= 4 is 21.9 Å². The standard InChI is InChI=1S/C13H15BrO2/c1-8-4-5-10(6-9(8)2)12(3)7-13(12,14)11(15)16/h4-6H,7H2,1-3H3,(H,15,16)/t12-,13-/m1/s1. The van der Waals surface area contributed by atoms with Gasteiger partial charge in [-0.3, -0.25) is 4.79 Å². The lowest BCUT2D eigenvalue weighted by Crippen LogP contribution is -2.24. The van der Waals surface area contributed by atoms with E-state index in [0.29, 0.717) is 6.42 Å². The number of aryl methyl sites for hydroxylation is 2. The summed E-state index contributed by atoms with van der Waals surface area (Å²) >= 11 is 3.36. The SMILES string of the molecule is Cc1ccc([C@@]2(C)C[C@@]2(Br)C(=O)O)cc1C. The van der Waals surface area contributed by atoms with E-state index in [0.717, 1.165) is 5.56 Å². The van der Waals surface area contributed by atoms with Crippen molar-refractivity contribution in [3.05, 3.63) is 34.9 Å². The van der Waals surface area contributed by atoms with Gasteiger partial charge in [-0.15, -0.1) is 0 Å². The van der Waals surface area contributed by atoms with E-state index in [4.69, 9.17) is 0 Å². The quantitative estimate of drug-likeness (QED) is 0.846. The first-order valence-corrected chi connectivity index (χ1v) is 6.10. The second-order valence-electron chi connectivity index (χ2n) is 4.91. The van der Waals surface area contributed by atoms with E-state index >= 15 is 0 Å². The summed E-state index contributed by atoms with van der Waals surface area (Å²) in [6, 6.07) is 6.19. The Morgan fingerprint density at radius 1 is 1.38 bits per heavy atom. The van der Waals surface area contributed by atoms with Gasteiger partial charge in [-0.1, -0.05) is 41.1 Å². The number of halogens is 1. The van der Waals surface area contributed by atoms with Crippen molar-refractivity contribution in [2.24, 2.45) is 0 Å². The Labute approximate surface area is 104 Å². The molecule has 1 aromatic rings. The molecule has 1 fully saturated rings. The van der Waals surface area contributed by atoms with E-state index < -0.39 is 10.3 Å². The fourth-order valence-electron chi connectivity index (χ4n) is 2.17. The number of carbonyl (C=O) groups is 1. The van der Waals surface area contributed by atoms with Crippen molar-refractivity contribution in [2.45, 2.75) is 36.9 Å². The van der Waals surface area contributed by atoms with Crippen LogP contribution in [0.3, 0.4) is 0 Å². The van der Waals surface area contributed by atoms with E-state index in [2.05, 4.69) is 41.9 Å². The first-order chi connectivity index (χ1) is 7.31. The molecular weight excluding hydrogens is 268 g/mol. The molecule has 0 heterocycles. The minimum atomic E-state index is -0.776. The predicted molar refractivity (Wildman–Crippen MR) is 67.2 cm³/mol. The van der Waals surface area contributed by atoms with Gasteiger partial charge in [-0.05, 0) is 37.0 Å². The lowest BCUT2D eigenvalue weighted by Gasteiger charge is -2.15. The van der Waals surface area contributed by atoms with Gasteiger partial charge < -0.3 is 5.11 Å². The number of benzene rings is 1. The molecule has 0 saturated heterocycles. The van der Waals surface area contributed by atoms with Gasteiger partial charge in [0.15, 0.2) is 0 Å². The highest BCUT2D eigenvalue weighted by Gasteiger charge is 2.69. The number of hydrogen-bond acceptors (Lipinski definition) is 1. The number of rotatable bonds is 2. The molecule has 1 N–H and O–H groups in total. The summed E-state index contributed by atoms with van der Waals surface area (Å²) in [5, 5.41) is 9.19. The average molecular weight is 283 g/mol. The molecule has 0 bridgehead atoms. The second-order valence-corrected chi connectivity index (χ2v) is 6.27. The van der Waals surface area contributed by atoms with Crippen LogP contribution in [0.2, 0.25) is 0 Å². The molecule has 2 atom stereocenters. The minimum absolute atomic E-state index is 0.280. The zero-order valence-corrected chi connectivity index (χ0v) is 11.3. The largest absolute Gasteiger partial charge is 0.480 e. The van der Waals surface area contributed by atoms with Crippen molar-refractivity contribution in [1.29, 1.82) is 0 Å². The molecule has 0 amide bonds. The number of hydrogen-bond donors (Lipinski definition) is 1. The Bertz CT molecular complexity index is 469. The molecule has 1 aliphatic carbocycles. The van der Waals surface area contributed by atoms with Crippen LogP contribution in [0.1, 0.15) is 30.0 Å². The van der Waals surface area contributed by atoms with E-state index in [9.17, 15) is 9.90 Å². The van der Waals surface area contributed by atoms with Crippen LogP contribution in [0, 0.1) is 13.8 Å². The summed E-state index contributed by atoms with van der Waals surface area (Å²) in [7, 11) is 0. The van der Waals surface area contributed by atoms with Crippen molar-refractivity contribution in [2.75, 3.05) is 0 Å². The number of carboxylic acid groups (broad SMARTS) is 1. The lowest BCUT2D eigenvalue weighted by molar-refractivity contribution is -0.137. The zero-order chi connectivity index (χ0) is 12.1. The maximum absolute atomic E-state index is 11.2. The van der Waals surface area contributed by atoms with Crippen LogP contribution < -0.4 is 0 Å². The maximum Gasteiger partial charge on any atom is 0.321 e. The van der Waals surface area contributed by atoms with Gasteiger partial charge in [0.25, 0.3) is 0 Å². The average Bonchev–Trinajstić information content (AvgIpc) is 2.77. The predicted octanol–water partition coefficient (Wildman–Crippen LogP) is 3.18. The highest BCUT2D eigenvalue weighted by molar-refractivity contribution is 9.10. The molecule has 86 valence electrons. The Morgan fingerprint density at radius 3 is 2.44 bits per heavy atom. The van der Waals surface area contributed by atoms with Gasteiger partial charge in [-0.2, -0.15) is 0 Å². The fourth-order valence-corrected chi connectivity index (χ4v) is 2.96. The number of alkyl halides is 1. The van der Waals surface area contributed by atoms with Gasteiger partial charge in [0, 0.05) is 5.41 Å². The molecule has 1 aromatic carbocycles. The van der Waals surface area contributed by atoms with E-state index in [1.165, 1.54) is 11.1 Å². The highest BCUT2D eigenvalue weighted by Crippen LogP contribution is 2.63. The molecule has 1 aliphatic rings. The van der Waals surface area contributed by atoms with Gasteiger partial charge >= 0.3 is 5.97 Å². The molecular formula is C13H15BrO2.